The van der Waals surface area contributed by atoms with Gasteiger partial charge in [-0.2, -0.15) is 0 Å². The van der Waals surface area contributed by atoms with Gasteiger partial charge in [-0.25, -0.2) is 4.39 Å². The number of carbonyl (C=O) groups is 2. The first-order valence-electron chi connectivity index (χ1n) is 12.3. The van der Waals surface area contributed by atoms with Gasteiger partial charge in [0.25, 0.3) is 5.91 Å². The van der Waals surface area contributed by atoms with E-state index in [1.807, 2.05) is 55.7 Å². The van der Waals surface area contributed by atoms with E-state index in [0.717, 1.165) is 5.56 Å². The number of benzene rings is 2. The lowest BCUT2D eigenvalue weighted by Gasteiger charge is -2.17. The van der Waals surface area contributed by atoms with Gasteiger partial charge in [0.15, 0.2) is 0 Å². The number of hydrogen-bond donors (Lipinski definition) is 3. The zero-order valence-corrected chi connectivity index (χ0v) is 21.1. The second-order valence-electron chi connectivity index (χ2n) is 9.07. The quantitative estimate of drug-likeness (QED) is 0.367. The number of carbonyl (C=O) groups excluding carboxylic acids is 2. The van der Waals surface area contributed by atoms with Crippen molar-refractivity contribution in [2.45, 2.75) is 51.9 Å². The molecule has 1 amide bonds. The van der Waals surface area contributed by atoms with Crippen LogP contribution in [0.4, 0.5) is 4.39 Å². The van der Waals surface area contributed by atoms with Gasteiger partial charge in [-0.3, -0.25) is 4.79 Å². The first kappa shape index (κ1) is 27.8. The van der Waals surface area contributed by atoms with Gasteiger partial charge in [-0.05, 0) is 50.1 Å². The number of amides is 1. The van der Waals surface area contributed by atoms with Crippen molar-refractivity contribution in [3.05, 3.63) is 77.9 Å². The zero-order chi connectivity index (χ0) is 27.1. The number of carboxylic acids is 1. The van der Waals surface area contributed by atoms with E-state index in [9.17, 15) is 29.3 Å². The topological polar surface area (TPSA) is 115 Å². The highest BCUT2D eigenvalue weighted by Gasteiger charge is 2.29. The van der Waals surface area contributed by atoms with E-state index in [4.69, 9.17) is 0 Å². The minimum absolute atomic E-state index is 0.172. The number of hydrogen-bond acceptors (Lipinski definition) is 5. The first-order chi connectivity index (χ1) is 17.6. The molecular weight excluding hydrogens is 475 g/mol. The number of aliphatic hydroxyl groups is 2. The van der Waals surface area contributed by atoms with Crippen molar-refractivity contribution in [3.63, 3.8) is 0 Å². The third-order valence-electron chi connectivity index (χ3n) is 5.90. The first-order valence-corrected chi connectivity index (χ1v) is 12.3. The van der Waals surface area contributed by atoms with Gasteiger partial charge in [-0.15, -0.1) is 0 Å². The largest absolute Gasteiger partial charge is 0.550 e. The van der Waals surface area contributed by atoms with Crippen LogP contribution in [0.25, 0.3) is 28.3 Å². The maximum absolute atomic E-state index is 13.8. The molecule has 0 spiro atoms. The van der Waals surface area contributed by atoms with Gasteiger partial charge >= 0.3 is 0 Å². The zero-order valence-electron chi connectivity index (χ0n) is 21.1. The Balaban J connectivity index is 2.29. The Morgan fingerprint density at radius 3 is 2.22 bits per heavy atom. The average molecular weight is 508 g/mol. The fraction of sp³-hybridized carbons (Fsp3) is 0.310. The number of aromatic nitrogens is 1. The molecular formula is C29H32FN2O5-. The van der Waals surface area contributed by atoms with E-state index >= 15 is 0 Å². The van der Waals surface area contributed by atoms with Crippen LogP contribution >= 0.6 is 0 Å². The number of nitrogens with zero attached hydrogens (tertiary/aromatic N) is 1. The molecule has 7 nitrogen and oxygen atoms in total. The predicted octanol–water partition coefficient (Wildman–Crippen LogP) is 3.56. The summed E-state index contributed by atoms with van der Waals surface area (Å²) in [6.45, 7) is 6.12. The molecule has 8 heteroatoms. The number of nitrogens with one attached hydrogen (secondary N) is 1. The van der Waals surface area contributed by atoms with E-state index in [-0.39, 0.29) is 18.4 Å². The number of aliphatic hydroxyl groups excluding tert-OH is 2. The molecule has 2 aromatic carbocycles. The highest BCUT2D eigenvalue weighted by Crippen LogP contribution is 2.42. The lowest BCUT2D eigenvalue weighted by molar-refractivity contribution is -0.307. The van der Waals surface area contributed by atoms with Crippen LogP contribution in [0.3, 0.4) is 0 Å². The molecule has 3 aromatic rings. The van der Waals surface area contributed by atoms with Crippen LogP contribution in [0.5, 0.6) is 0 Å². The van der Waals surface area contributed by atoms with Gasteiger partial charge < -0.3 is 30.0 Å². The molecule has 0 bridgehead atoms. The maximum atomic E-state index is 13.8. The van der Waals surface area contributed by atoms with Crippen LogP contribution in [-0.2, 0) is 4.79 Å². The summed E-state index contributed by atoms with van der Waals surface area (Å²) in [5, 5.41) is 34.1. The van der Waals surface area contributed by atoms with Gasteiger partial charge in [0.05, 0.1) is 12.2 Å². The Kier molecular flexibility index (Phi) is 9.38. The minimum atomic E-state index is -1.41. The molecule has 0 aliphatic rings. The standard InChI is InChI=1S/C29H33FN2O5/c1-4-31-29(37)28-27(19-8-6-5-7-9-19)26(20-10-12-21(30)13-11-20)24(32(28)18(2)3)15-14-22(33)16-23(34)17-25(35)36/h5-15,18,22-23,33-34H,4,16-17H2,1-3H3,(H,31,37)(H,35,36)/p-1/b15-14+/t22-,23-/m1/s1. The lowest BCUT2D eigenvalue weighted by Crippen LogP contribution is -2.29. The summed E-state index contributed by atoms with van der Waals surface area (Å²) in [6.07, 6.45) is -0.107. The number of halogens is 1. The Morgan fingerprint density at radius 2 is 1.65 bits per heavy atom. The molecule has 3 rings (SSSR count). The molecule has 0 aliphatic heterocycles. The Morgan fingerprint density at radius 1 is 1.03 bits per heavy atom. The van der Waals surface area contributed by atoms with Crippen LogP contribution in [0.1, 0.15) is 55.8 Å². The molecule has 2 atom stereocenters. The van der Waals surface area contributed by atoms with Crippen LogP contribution in [-0.4, -0.2) is 45.4 Å². The Bertz CT molecular complexity index is 1250. The van der Waals surface area contributed by atoms with E-state index in [1.165, 1.54) is 18.2 Å². The van der Waals surface area contributed by atoms with Crippen molar-refractivity contribution in [2.75, 3.05) is 6.54 Å². The molecule has 0 unspecified atom stereocenters. The highest BCUT2D eigenvalue weighted by molar-refractivity contribution is 6.06. The summed E-state index contributed by atoms with van der Waals surface area (Å²) >= 11 is 0. The smallest absolute Gasteiger partial charge is 0.268 e. The second-order valence-corrected chi connectivity index (χ2v) is 9.07. The van der Waals surface area contributed by atoms with Crippen molar-refractivity contribution >= 4 is 18.0 Å². The fourth-order valence-corrected chi connectivity index (χ4v) is 4.40. The molecule has 37 heavy (non-hydrogen) atoms. The van der Waals surface area contributed by atoms with Gasteiger partial charge in [0.1, 0.15) is 11.5 Å². The normalized spacial score (nSPS) is 13.2. The van der Waals surface area contributed by atoms with Crippen molar-refractivity contribution in [1.29, 1.82) is 0 Å². The predicted molar refractivity (Wildman–Crippen MR) is 139 cm³/mol. The summed E-state index contributed by atoms with van der Waals surface area (Å²) in [5.41, 5.74) is 3.85. The SMILES string of the molecule is CCNC(=O)c1c(-c2ccccc2)c(-c2ccc(F)cc2)c(/C=C/[C@@H](O)C[C@@H](O)CC(=O)[O-])n1C(C)C. The third-order valence-corrected chi connectivity index (χ3v) is 5.90. The van der Waals surface area contributed by atoms with Crippen molar-refractivity contribution < 1.29 is 29.3 Å². The van der Waals surface area contributed by atoms with E-state index in [1.54, 1.807) is 18.2 Å². The van der Waals surface area contributed by atoms with Crippen LogP contribution < -0.4 is 10.4 Å². The van der Waals surface area contributed by atoms with Crippen molar-refractivity contribution in [3.8, 4) is 22.3 Å². The van der Waals surface area contributed by atoms with Crippen LogP contribution in [0, 0.1) is 5.82 Å². The van der Waals surface area contributed by atoms with Crippen molar-refractivity contribution in [1.82, 2.24) is 9.88 Å². The van der Waals surface area contributed by atoms with Gasteiger partial charge in [0.2, 0.25) is 0 Å². The summed E-state index contributed by atoms with van der Waals surface area (Å²) in [6, 6.07) is 15.2. The Hall–Kier alpha value is -3.75. The molecule has 0 radical (unpaired) electrons. The molecule has 1 aromatic heterocycles. The summed E-state index contributed by atoms with van der Waals surface area (Å²) in [7, 11) is 0. The molecule has 0 saturated heterocycles. The summed E-state index contributed by atoms with van der Waals surface area (Å²) in [4.78, 5) is 24.2. The third kappa shape index (κ3) is 6.72. The minimum Gasteiger partial charge on any atom is -0.550 e. The second kappa shape index (κ2) is 12.5. The monoisotopic (exact) mass is 507 g/mol. The van der Waals surface area contributed by atoms with Gasteiger partial charge in [-0.1, -0.05) is 48.5 Å². The molecule has 0 aliphatic carbocycles. The van der Waals surface area contributed by atoms with E-state index in [0.29, 0.717) is 34.6 Å². The fourth-order valence-electron chi connectivity index (χ4n) is 4.40. The van der Waals surface area contributed by atoms with Crippen LogP contribution in [0.15, 0.2) is 60.7 Å². The summed E-state index contributed by atoms with van der Waals surface area (Å²) in [5.74, 6) is -2.08. The molecule has 1 heterocycles. The number of rotatable bonds is 11. The van der Waals surface area contributed by atoms with Crippen molar-refractivity contribution in [2.24, 2.45) is 0 Å². The van der Waals surface area contributed by atoms with E-state index < -0.39 is 30.4 Å². The summed E-state index contributed by atoms with van der Waals surface area (Å²) < 4.78 is 15.7. The lowest BCUT2D eigenvalue weighted by atomic mass is 9.94. The molecule has 3 N–H and O–H groups in total. The Labute approximate surface area is 215 Å². The average Bonchev–Trinajstić information content (AvgIpc) is 3.19. The molecule has 0 saturated carbocycles. The van der Waals surface area contributed by atoms with Crippen LogP contribution in [0.2, 0.25) is 0 Å². The number of carboxylic acid groups (broad SMARTS) is 1. The maximum Gasteiger partial charge on any atom is 0.268 e. The molecule has 0 fully saturated rings. The number of aliphatic carboxylic acids is 1. The van der Waals surface area contributed by atoms with E-state index in [2.05, 4.69) is 5.32 Å². The highest BCUT2D eigenvalue weighted by atomic mass is 19.1. The molecule has 196 valence electrons. The van der Waals surface area contributed by atoms with Gasteiger partial charge in [0, 0.05) is 48.2 Å².